The summed E-state index contributed by atoms with van der Waals surface area (Å²) in [5.74, 6) is -0.409. The molecule has 0 saturated heterocycles. The second-order valence-electron chi connectivity index (χ2n) is 4.93. The molecule has 4 nitrogen and oxygen atoms in total. The lowest BCUT2D eigenvalue weighted by atomic mass is 10.0. The Labute approximate surface area is 113 Å². The highest BCUT2D eigenvalue weighted by Crippen LogP contribution is 2.17. The largest absolute Gasteiger partial charge is 0.481 e. The topological polar surface area (TPSA) is 66.4 Å². The van der Waals surface area contributed by atoms with Crippen molar-refractivity contribution in [1.29, 1.82) is 0 Å². The molecule has 1 amide bonds. The minimum atomic E-state index is -0.815. The fourth-order valence-corrected chi connectivity index (χ4v) is 1.74. The summed E-state index contributed by atoms with van der Waals surface area (Å²) in [7, 11) is 0. The number of rotatable bonds is 7. The third-order valence-corrected chi connectivity index (χ3v) is 2.91. The van der Waals surface area contributed by atoms with Crippen molar-refractivity contribution in [3.63, 3.8) is 0 Å². The van der Waals surface area contributed by atoms with Crippen LogP contribution in [0.15, 0.2) is 24.3 Å². The van der Waals surface area contributed by atoms with Crippen LogP contribution in [0, 0.1) is 0 Å². The van der Waals surface area contributed by atoms with E-state index in [1.165, 1.54) is 5.56 Å². The summed E-state index contributed by atoms with van der Waals surface area (Å²) in [6.45, 7) is 4.24. The first-order valence-electron chi connectivity index (χ1n) is 6.60. The Morgan fingerprint density at radius 1 is 1.11 bits per heavy atom. The molecule has 0 aliphatic heterocycles. The van der Waals surface area contributed by atoms with Crippen molar-refractivity contribution in [3.8, 4) is 0 Å². The van der Waals surface area contributed by atoms with Gasteiger partial charge in [-0.3, -0.25) is 9.59 Å². The van der Waals surface area contributed by atoms with Gasteiger partial charge < -0.3 is 10.4 Å². The predicted octanol–water partition coefficient (Wildman–Crippen LogP) is 3.39. The van der Waals surface area contributed by atoms with E-state index in [2.05, 4.69) is 19.2 Å². The number of carboxylic acids is 1. The van der Waals surface area contributed by atoms with E-state index in [0.29, 0.717) is 25.2 Å². The van der Waals surface area contributed by atoms with E-state index in [0.717, 1.165) is 5.69 Å². The smallest absolute Gasteiger partial charge is 0.303 e. The average molecular weight is 263 g/mol. The molecular weight excluding hydrogens is 242 g/mol. The number of nitrogens with one attached hydrogen (secondary N) is 1. The minimum absolute atomic E-state index is 0.0670. The van der Waals surface area contributed by atoms with Crippen LogP contribution < -0.4 is 5.32 Å². The molecular formula is C15H21NO3. The third-order valence-electron chi connectivity index (χ3n) is 2.91. The van der Waals surface area contributed by atoms with Crippen molar-refractivity contribution in [2.45, 2.75) is 45.4 Å². The third kappa shape index (κ3) is 6.04. The van der Waals surface area contributed by atoms with Gasteiger partial charge in [0.2, 0.25) is 5.91 Å². The maximum atomic E-state index is 11.6. The molecule has 0 radical (unpaired) electrons. The molecule has 4 heteroatoms. The van der Waals surface area contributed by atoms with Crippen LogP contribution in [-0.2, 0) is 9.59 Å². The standard InChI is InChI=1S/C15H21NO3/c1-11(2)12-7-9-13(10-8-12)16-14(17)5-3-4-6-15(18)19/h7-11H,3-6H2,1-2H3,(H,16,17)(H,18,19). The molecule has 1 aromatic carbocycles. The fraction of sp³-hybridized carbons (Fsp3) is 0.467. The molecule has 19 heavy (non-hydrogen) atoms. The Morgan fingerprint density at radius 2 is 1.68 bits per heavy atom. The first kappa shape index (κ1) is 15.2. The Balaban J connectivity index is 2.33. The highest BCUT2D eigenvalue weighted by molar-refractivity contribution is 5.90. The summed E-state index contributed by atoms with van der Waals surface area (Å²) in [5, 5.41) is 11.3. The van der Waals surface area contributed by atoms with Crippen molar-refractivity contribution >= 4 is 17.6 Å². The maximum Gasteiger partial charge on any atom is 0.303 e. The van der Waals surface area contributed by atoms with Crippen LogP contribution in [0.1, 0.15) is 51.0 Å². The van der Waals surface area contributed by atoms with Crippen LogP contribution >= 0.6 is 0 Å². The molecule has 2 N–H and O–H groups in total. The van der Waals surface area contributed by atoms with Crippen LogP contribution in [0.5, 0.6) is 0 Å². The van der Waals surface area contributed by atoms with Crippen molar-refractivity contribution in [1.82, 2.24) is 0 Å². The van der Waals surface area contributed by atoms with Gasteiger partial charge in [-0.2, -0.15) is 0 Å². The molecule has 0 heterocycles. The number of carbonyl (C=O) groups excluding carboxylic acids is 1. The molecule has 1 aromatic rings. The summed E-state index contributed by atoms with van der Waals surface area (Å²) in [6.07, 6.45) is 1.62. The highest BCUT2D eigenvalue weighted by atomic mass is 16.4. The number of anilines is 1. The van der Waals surface area contributed by atoms with Gasteiger partial charge in [-0.1, -0.05) is 26.0 Å². The van der Waals surface area contributed by atoms with Crippen LogP contribution in [0.4, 0.5) is 5.69 Å². The minimum Gasteiger partial charge on any atom is -0.481 e. The van der Waals surface area contributed by atoms with Crippen molar-refractivity contribution in [3.05, 3.63) is 29.8 Å². The monoisotopic (exact) mass is 263 g/mol. The number of unbranched alkanes of at least 4 members (excludes halogenated alkanes) is 1. The number of benzene rings is 1. The van der Waals surface area contributed by atoms with Gasteiger partial charge in [0.25, 0.3) is 0 Å². The summed E-state index contributed by atoms with van der Waals surface area (Å²) in [6, 6.07) is 7.80. The Bertz CT molecular complexity index is 424. The van der Waals surface area contributed by atoms with E-state index in [4.69, 9.17) is 5.11 Å². The van der Waals surface area contributed by atoms with Gasteiger partial charge in [-0.15, -0.1) is 0 Å². The number of aliphatic carboxylic acids is 1. The first-order chi connectivity index (χ1) is 8.99. The van der Waals surface area contributed by atoms with Crippen molar-refractivity contribution < 1.29 is 14.7 Å². The molecule has 0 aromatic heterocycles. The van der Waals surface area contributed by atoms with E-state index >= 15 is 0 Å². The van der Waals surface area contributed by atoms with Crippen molar-refractivity contribution in [2.75, 3.05) is 5.32 Å². The Kier molecular flexibility index (Phi) is 6.06. The molecule has 0 bridgehead atoms. The fourth-order valence-electron chi connectivity index (χ4n) is 1.74. The van der Waals surface area contributed by atoms with E-state index in [9.17, 15) is 9.59 Å². The molecule has 0 fully saturated rings. The molecule has 0 aliphatic carbocycles. The zero-order chi connectivity index (χ0) is 14.3. The van der Waals surface area contributed by atoms with Crippen LogP contribution in [-0.4, -0.2) is 17.0 Å². The maximum absolute atomic E-state index is 11.6. The molecule has 0 atom stereocenters. The normalized spacial score (nSPS) is 10.5. The summed E-state index contributed by atoms with van der Waals surface area (Å²) in [4.78, 5) is 21.9. The lowest BCUT2D eigenvalue weighted by Gasteiger charge is -2.08. The average Bonchev–Trinajstić information content (AvgIpc) is 2.35. The van der Waals surface area contributed by atoms with E-state index < -0.39 is 5.97 Å². The number of hydrogen-bond acceptors (Lipinski definition) is 2. The summed E-state index contributed by atoms with van der Waals surface area (Å²) >= 11 is 0. The van der Waals surface area contributed by atoms with Gasteiger partial charge in [0.15, 0.2) is 0 Å². The highest BCUT2D eigenvalue weighted by Gasteiger charge is 2.04. The zero-order valence-electron chi connectivity index (χ0n) is 11.5. The first-order valence-corrected chi connectivity index (χ1v) is 6.60. The summed E-state index contributed by atoms with van der Waals surface area (Å²) in [5.41, 5.74) is 2.02. The lowest BCUT2D eigenvalue weighted by molar-refractivity contribution is -0.137. The molecule has 0 spiro atoms. The number of amides is 1. The number of carboxylic acid groups (broad SMARTS) is 1. The van der Waals surface area contributed by atoms with Crippen LogP contribution in [0.2, 0.25) is 0 Å². The van der Waals surface area contributed by atoms with Crippen molar-refractivity contribution in [2.24, 2.45) is 0 Å². The SMILES string of the molecule is CC(C)c1ccc(NC(=O)CCCCC(=O)O)cc1. The van der Waals surface area contributed by atoms with Gasteiger partial charge in [-0.05, 0) is 36.5 Å². The van der Waals surface area contributed by atoms with Gasteiger partial charge in [0.05, 0.1) is 0 Å². The molecule has 0 saturated carbocycles. The van der Waals surface area contributed by atoms with Gasteiger partial charge in [0.1, 0.15) is 0 Å². The number of hydrogen-bond donors (Lipinski definition) is 2. The molecule has 104 valence electrons. The lowest BCUT2D eigenvalue weighted by Crippen LogP contribution is -2.11. The Morgan fingerprint density at radius 3 is 2.21 bits per heavy atom. The van der Waals surface area contributed by atoms with Crippen LogP contribution in [0.25, 0.3) is 0 Å². The predicted molar refractivity (Wildman–Crippen MR) is 75.3 cm³/mol. The summed E-state index contributed by atoms with van der Waals surface area (Å²) < 4.78 is 0. The van der Waals surface area contributed by atoms with Crippen LogP contribution in [0.3, 0.4) is 0 Å². The molecule has 1 rings (SSSR count). The van der Waals surface area contributed by atoms with E-state index in [-0.39, 0.29) is 12.3 Å². The molecule has 0 aliphatic rings. The zero-order valence-corrected chi connectivity index (χ0v) is 11.5. The van der Waals surface area contributed by atoms with Gasteiger partial charge in [-0.25, -0.2) is 0 Å². The quantitative estimate of drug-likeness (QED) is 0.741. The van der Waals surface area contributed by atoms with Gasteiger partial charge in [0, 0.05) is 18.5 Å². The second-order valence-corrected chi connectivity index (χ2v) is 4.93. The molecule has 0 unspecified atom stereocenters. The van der Waals surface area contributed by atoms with E-state index in [1.54, 1.807) is 0 Å². The Hall–Kier alpha value is -1.84. The second kappa shape index (κ2) is 7.56. The number of carbonyl (C=O) groups is 2. The van der Waals surface area contributed by atoms with E-state index in [1.807, 2.05) is 24.3 Å². The van der Waals surface area contributed by atoms with Gasteiger partial charge >= 0.3 is 5.97 Å².